The van der Waals surface area contributed by atoms with Crippen LogP contribution in [0.1, 0.15) is 56.3 Å². The Labute approximate surface area is 224 Å². The number of nitrogens with one attached hydrogen (secondary N) is 2. The van der Waals surface area contributed by atoms with E-state index >= 15 is 0 Å². The number of nitrogens with zero attached hydrogens (tertiary/aromatic N) is 2. The second-order valence-electron chi connectivity index (χ2n) is 9.36. The monoisotopic (exact) mass is 582 g/mol. The maximum atomic E-state index is 13.6. The van der Waals surface area contributed by atoms with Crippen molar-refractivity contribution < 1.29 is 23.6 Å². The largest absolute Gasteiger partial charge is 0.370 e. The van der Waals surface area contributed by atoms with Gasteiger partial charge < -0.3 is 27.0 Å². The predicted octanol–water partition coefficient (Wildman–Crippen LogP) is 1.66. The number of alkyl halides is 1. The molecule has 2 rings (SSSR count). The second kappa shape index (κ2) is 14.7. The van der Waals surface area contributed by atoms with Crippen molar-refractivity contribution in [1.29, 1.82) is 0 Å². The van der Waals surface area contributed by atoms with Gasteiger partial charge in [-0.2, -0.15) is 0 Å². The van der Waals surface area contributed by atoms with Gasteiger partial charge in [-0.05, 0) is 62.3 Å². The average molecular weight is 584 g/mol. The molecule has 1 aromatic rings. The Kier molecular flexibility index (Phi) is 12.0. The van der Waals surface area contributed by atoms with Crippen molar-refractivity contribution in [3.63, 3.8) is 0 Å². The minimum Gasteiger partial charge on any atom is -0.370 e. The Hall–Kier alpha value is -3.02. The van der Waals surface area contributed by atoms with Crippen LogP contribution in [-0.2, 0) is 14.4 Å². The predicted molar refractivity (Wildman–Crippen MR) is 142 cm³/mol. The van der Waals surface area contributed by atoms with Crippen LogP contribution in [0.5, 0.6) is 0 Å². The third kappa shape index (κ3) is 9.10. The smallest absolute Gasteiger partial charge is 0.251 e. The number of piperidine rings is 1. The molecule has 204 valence electrons. The van der Waals surface area contributed by atoms with Crippen LogP contribution < -0.4 is 22.1 Å². The number of amides is 3. The molecule has 37 heavy (non-hydrogen) atoms. The number of benzene rings is 1. The van der Waals surface area contributed by atoms with Gasteiger partial charge in [-0.1, -0.05) is 29.8 Å². The highest BCUT2D eigenvalue weighted by Gasteiger charge is 2.38. The van der Waals surface area contributed by atoms with Gasteiger partial charge in [0, 0.05) is 23.1 Å². The number of ketones is 1. The molecule has 0 spiro atoms. The topological polar surface area (TPSA) is 160 Å². The van der Waals surface area contributed by atoms with E-state index in [1.54, 1.807) is 24.3 Å². The van der Waals surface area contributed by atoms with Crippen molar-refractivity contribution in [2.24, 2.45) is 22.4 Å². The summed E-state index contributed by atoms with van der Waals surface area (Å²) in [5.41, 5.74) is 11.0. The molecule has 1 aliphatic heterocycles. The molecule has 0 aliphatic carbocycles. The Morgan fingerprint density at radius 2 is 1.81 bits per heavy atom. The van der Waals surface area contributed by atoms with Gasteiger partial charge in [0.1, 0.15) is 18.8 Å². The molecule has 0 aromatic heterocycles. The summed E-state index contributed by atoms with van der Waals surface area (Å²) in [4.78, 5) is 57.1. The number of halogens is 2. The van der Waals surface area contributed by atoms with E-state index in [2.05, 4.69) is 31.6 Å². The quantitative estimate of drug-likeness (QED) is 0.166. The highest BCUT2D eigenvalue weighted by atomic mass is 79.9. The maximum absolute atomic E-state index is 13.6. The number of nitrogens with two attached hydrogens (primary N) is 2. The van der Waals surface area contributed by atoms with Crippen molar-refractivity contribution >= 4 is 45.4 Å². The molecule has 10 nitrogen and oxygen atoms in total. The molecule has 1 fully saturated rings. The average Bonchev–Trinajstić information content (AvgIpc) is 2.87. The zero-order chi connectivity index (χ0) is 27.5. The summed E-state index contributed by atoms with van der Waals surface area (Å²) in [5, 5.41) is 5.43. The number of aliphatic imine (C=N–C) groups is 1. The molecule has 0 saturated carbocycles. The Balaban J connectivity index is 2.14. The van der Waals surface area contributed by atoms with Crippen LogP contribution in [0.15, 0.2) is 33.7 Å². The van der Waals surface area contributed by atoms with Gasteiger partial charge in [-0.3, -0.25) is 24.2 Å². The van der Waals surface area contributed by atoms with E-state index < -0.39 is 42.4 Å². The number of guanidine groups is 1. The SMILES string of the molecule is CC(C)[C@H](NC(=O)c1ccc(Br)cc1)C(=O)N1CCCC[C@H]1C(=O)N[C@@H](CCCN=C(N)N)C(=O)CF. The summed E-state index contributed by atoms with van der Waals surface area (Å²) in [5.74, 6) is -2.39. The number of carbonyl (C=O) groups excluding carboxylic acids is 4. The summed E-state index contributed by atoms with van der Waals surface area (Å²) in [6.07, 6.45) is 2.33. The van der Waals surface area contributed by atoms with Crippen LogP contribution in [0.25, 0.3) is 0 Å². The highest BCUT2D eigenvalue weighted by molar-refractivity contribution is 9.10. The molecule has 0 radical (unpaired) electrons. The zero-order valence-electron chi connectivity index (χ0n) is 21.2. The lowest BCUT2D eigenvalue weighted by atomic mass is 9.96. The fraction of sp³-hybridized carbons (Fsp3) is 0.560. The minimum atomic E-state index is -1.22. The summed E-state index contributed by atoms with van der Waals surface area (Å²) in [7, 11) is 0. The third-order valence-electron chi connectivity index (χ3n) is 6.20. The third-order valence-corrected chi connectivity index (χ3v) is 6.73. The van der Waals surface area contributed by atoms with Crippen LogP contribution in [0, 0.1) is 5.92 Å². The van der Waals surface area contributed by atoms with Crippen LogP contribution in [-0.4, -0.2) is 72.3 Å². The number of Topliss-reactive ketones (excluding diaryl/α,β-unsaturated/α-hetero) is 1. The standard InChI is InChI=1S/C25H36BrFN6O4/c1-15(2)21(32-22(35)16-8-10-17(26)11-9-16)24(37)33-13-4-3-7-19(33)23(36)31-18(20(34)14-27)6-5-12-30-25(28)29/h8-11,15,18-19,21H,3-7,12-14H2,1-2H3,(H,31,36)(H,32,35)(H4,28,29,30)/t18-,19-,21-/m0/s1. The van der Waals surface area contributed by atoms with Crippen molar-refractivity contribution in [3.05, 3.63) is 34.3 Å². The first kappa shape index (κ1) is 30.2. The molecular formula is C25H36BrFN6O4. The first-order chi connectivity index (χ1) is 17.5. The van der Waals surface area contributed by atoms with E-state index in [9.17, 15) is 23.6 Å². The minimum absolute atomic E-state index is 0.0966. The molecule has 3 amide bonds. The van der Waals surface area contributed by atoms with E-state index in [1.807, 2.05) is 13.8 Å². The van der Waals surface area contributed by atoms with Gasteiger partial charge in [-0.25, -0.2) is 4.39 Å². The Morgan fingerprint density at radius 3 is 2.41 bits per heavy atom. The molecule has 6 N–H and O–H groups in total. The van der Waals surface area contributed by atoms with E-state index in [0.29, 0.717) is 37.8 Å². The molecule has 1 saturated heterocycles. The lowest BCUT2D eigenvalue weighted by Gasteiger charge is -2.38. The van der Waals surface area contributed by atoms with Crippen molar-refractivity contribution in [2.45, 2.75) is 64.1 Å². The molecule has 1 aliphatic rings. The van der Waals surface area contributed by atoms with Crippen LogP contribution in [0.4, 0.5) is 4.39 Å². The van der Waals surface area contributed by atoms with Gasteiger partial charge in [-0.15, -0.1) is 0 Å². The van der Waals surface area contributed by atoms with E-state index in [-0.39, 0.29) is 30.8 Å². The van der Waals surface area contributed by atoms with Crippen molar-refractivity contribution in [1.82, 2.24) is 15.5 Å². The van der Waals surface area contributed by atoms with Gasteiger partial charge in [0.2, 0.25) is 11.8 Å². The summed E-state index contributed by atoms with van der Waals surface area (Å²) in [6.45, 7) is 2.97. The van der Waals surface area contributed by atoms with Crippen molar-refractivity contribution in [2.75, 3.05) is 19.8 Å². The van der Waals surface area contributed by atoms with E-state index in [0.717, 1.165) is 4.47 Å². The lowest BCUT2D eigenvalue weighted by Crippen LogP contribution is -2.60. The maximum Gasteiger partial charge on any atom is 0.251 e. The number of hydrogen-bond donors (Lipinski definition) is 4. The van der Waals surface area contributed by atoms with Gasteiger partial charge in [0.25, 0.3) is 5.91 Å². The molecule has 0 unspecified atom stereocenters. The molecular weight excluding hydrogens is 547 g/mol. The van der Waals surface area contributed by atoms with Gasteiger partial charge in [0.15, 0.2) is 11.7 Å². The number of hydrogen-bond acceptors (Lipinski definition) is 5. The molecule has 12 heteroatoms. The Morgan fingerprint density at radius 1 is 1.14 bits per heavy atom. The first-order valence-electron chi connectivity index (χ1n) is 12.4. The fourth-order valence-corrected chi connectivity index (χ4v) is 4.43. The Bertz CT molecular complexity index is 984. The molecule has 1 heterocycles. The van der Waals surface area contributed by atoms with Gasteiger partial charge >= 0.3 is 0 Å². The van der Waals surface area contributed by atoms with Crippen LogP contribution in [0.2, 0.25) is 0 Å². The fourth-order valence-electron chi connectivity index (χ4n) is 4.16. The lowest BCUT2D eigenvalue weighted by molar-refractivity contribution is -0.145. The summed E-state index contributed by atoms with van der Waals surface area (Å²) >= 11 is 3.33. The van der Waals surface area contributed by atoms with E-state index in [1.165, 1.54) is 4.90 Å². The zero-order valence-corrected chi connectivity index (χ0v) is 22.8. The number of likely N-dealkylation sites (tertiary alicyclic amines) is 1. The molecule has 0 bridgehead atoms. The van der Waals surface area contributed by atoms with Gasteiger partial charge in [0.05, 0.1) is 6.04 Å². The molecule has 3 atom stereocenters. The summed E-state index contributed by atoms with van der Waals surface area (Å²) in [6, 6.07) is 4.02. The normalized spacial score (nSPS) is 17.0. The first-order valence-corrected chi connectivity index (χ1v) is 13.2. The second-order valence-corrected chi connectivity index (χ2v) is 10.3. The van der Waals surface area contributed by atoms with Crippen LogP contribution >= 0.6 is 15.9 Å². The number of carbonyl (C=O) groups is 4. The molecule has 1 aromatic carbocycles. The van der Waals surface area contributed by atoms with Crippen molar-refractivity contribution in [3.8, 4) is 0 Å². The highest BCUT2D eigenvalue weighted by Crippen LogP contribution is 2.21. The van der Waals surface area contributed by atoms with Crippen LogP contribution in [0.3, 0.4) is 0 Å². The number of rotatable bonds is 12. The summed E-state index contributed by atoms with van der Waals surface area (Å²) < 4.78 is 14.0. The van der Waals surface area contributed by atoms with E-state index in [4.69, 9.17) is 11.5 Å².